The first kappa shape index (κ1) is 16.7. The molecule has 0 saturated heterocycles. The second-order valence-corrected chi connectivity index (χ2v) is 4.34. The molecule has 5 heteroatoms. The van der Waals surface area contributed by atoms with Crippen LogP contribution in [0.15, 0.2) is 54.1 Å². The summed E-state index contributed by atoms with van der Waals surface area (Å²) in [7, 11) is 0. The standard InChI is InChI=1S/C16H15ClO4/c1-2-21-16(20)14(15(18)19)7-5-3-4-6-12-8-10-13(17)11-9-12/h3-11H,2H2,1H3,(H,18,19)/b5-3+,6-4+,14-7+. The van der Waals surface area contributed by atoms with Crippen LogP contribution in [-0.2, 0) is 14.3 Å². The maximum atomic E-state index is 11.4. The lowest BCUT2D eigenvalue weighted by Gasteiger charge is -2.00. The van der Waals surface area contributed by atoms with E-state index in [9.17, 15) is 9.59 Å². The van der Waals surface area contributed by atoms with E-state index in [1.54, 1.807) is 31.2 Å². The van der Waals surface area contributed by atoms with Crippen LogP contribution in [-0.4, -0.2) is 23.7 Å². The van der Waals surface area contributed by atoms with Crippen molar-refractivity contribution >= 4 is 29.6 Å². The van der Waals surface area contributed by atoms with Crippen molar-refractivity contribution in [1.82, 2.24) is 0 Å². The average molecular weight is 307 g/mol. The average Bonchev–Trinajstić information content (AvgIpc) is 2.44. The summed E-state index contributed by atoms with van der Waals surface area (Å²) in [5.74, 6) is -2.17. The topological polar surface area (TPSA) is 63.6 Å². The summed E-state index contributed by atoms with van der Waals surface area (Å²) in [6, 6.07) is 7.25. The van der Waals surface area contributed by atoms with Gasteiger partial charge < -0.3 is 9.84 Å². The Labute approximate surface area is 128 Å². The molecule has 4 nitrogen and oxygen atoms in total. The van der Waals surface area contributed by atoms with Crippen LogP contribution in [0.4, 0.5) is 0 Å². The fraction of sp³-hybridized carbons (Fsp3) is 0.125. The van der Waals surface area contributed by atoms with Crippen molar-refractivity contribution in [3.63, 3.8) is 0 Å². The Morgan fingerprint density at radius 3 is 2.43 bits per heavy atom. The highest BCUT2D eigenvalue weighted by atomic mass is 35.5. The van der Waals surface area contributed by atoms with E-state index < -0.39 is 17.5 Å². The van der Waals surface area contributed by atoms with Crippen LogP contribution >= 0.6 is 11.6 Å². The van der Waals surface area contributed by atoms with Gasteiger partial charge in [-0.15, -0.1) is 0 Å². The molecule has 0 bridgehead atoms. The zero-order valence-corrected chi connectivity index (χ0v) is 12.2. The Balaban J connectivity index is 2.69. The minimum absolute atomic E-state index is 0.129. The number of benzene rings is 1. The summed E-state index contributed by atoms with van der Waals surface area (Å²) >= 11 is 5.77. The van der Waals surface area contributed by atoms with Crippen LogP contribution in [0, 0.1) is 0 Å². The SMILES string of the molecule is CCOC(=O)/C(=C/C=C/C=C/c1ccc(Cl)cc1)C(=O)O. The van der Waals surface area contributed by atoms with Gasteiger partial charge in [-0.05, 0) is 30.7 Å². The molecule has 0 aromatic heterocycles. The molecule has 0 saturated carbocycles. The Kier molecular flexibility index (Phi) is 6.98. The lowest BCUT2D eigenvalue weighted by Crippen LogP contribution is -2.15. The van der Waals surface area contributed by atoms with E-state index in [-0.39, 0.29) is 6.61 Å². The van der Waals surface area contributed by atoms with E-state index in [1.165, 1.54) is 12.2 Å². The fourth-order valence-electron chi connectivity index (χ4n) is 1.39. The first-order chi connectivity index (χ1) is 10.0. The van der Waals surface area contributed by atoms with Gasteiger partial charge in [-0.3, -0.25) is 0 Å². The number of aliphatic carboxylic acids is 1. The van der Waals surface area contributed by atoms with Gasteiger partial charge in [0.2, 0.25) is 0 Å². The number of carboxylic acid groups (broad SMARTS) is 1. The van der Waals surface area contributed by atoms with Crippen molar-refractivity contribution in [1.29, 1.82) is 0 Å². The van der Waals surface area contributed by atoms with Crippen molar-refractivity contribution in [2.24, 2.45) is 0 Å². The minimum Gasteiger partial charge on any atom is -0.477 e. The number of halogens is 1. The molecule has 0 atom stereocenters. The molecule has 1 N–H and O–H groups in total. The molecule has 0 aliphatic rings. The summed E-state index contributed by atoms with van der Waals surface area (Å²) in [6.07, 6.45) is 7.84. The fourth-order valence-corrected chi connectivity index (χ4v) is 1.52. The van der Waals surface area contributed by atoms with E-state index in [2.05, 4.69) is 4.74 Å². The third kappa shape index (κ3) is 6.10. The number of esters is 1. The Bertz CT molecular complexity index is 583. The zero-order valence-electron chi connectivity index (χ0n) is 11.5. The van der Waals surface area contributed by atoms with Gasteiger partial charge in [-0.1, -0.05) is 48.0 Å². The monoisotopic (exact) mass is 306 g/mol. The Morgan fingerprint density at radius 1 is 1.19 bits per heavy atom. The molecule has 0 radical (unpaired) electrons. The van der Waals surface area contributed by atoms with Crippen LogP contribution in [0.1, 0.15) is 12.5 Å². The van der Waals surface area contributed by atoms with E-state index in [0.29, 0.717) is 5.02 Å². The maximum absolute atomic E-state index is 11.4. The van der Waals surface area contributed by atoms with Gasteiger partial charge >= 0.3 is 11.9 Å². The molecular weight excluding hydrogens is 292 g/mol. The summed E-state index contributed by atoms with van der Waals surface area (Å²) in [4.78, 5) is 22.3. The number of allylic oxidation sites excluding steroid dienone is 4. The van der Waals surface area contributed by atoms with Crippen molar-refractivity contribution in [2.45, 2.75) is 6.92 Å². The lowest BCUT2D eigenvalue weighted by molar-refractivity contribution is -0.143. The smallest absolute Gasteiger partial charge is 0.345 e. The molecular formula is C16H15ClO4. The predicted molar refractivity (Wildman–Crippen MR) is 82.0 cm³/mol. The van der Waals surface area contributed by atoms with E-state index in [4.69, 9.17) is 16.7 Å². The number of rotatable bonds is 6. The van der Waals surface area contributed by atoms with Crippen LogP contribution in [0.3, 0.4) is 0 Å². The molecule has 0 aliphatic carbocycles. The van der Waals surface area contributed by atoms with Gasteiger partial charge in [0, 0.05) is 5.02 Å². The van der Waals surface area contributed by atoms with Crippen LogP contribution in [0.25, 0.3) is 6.08 Å². The number of hydrogen-bond acceptors (Lipinski definition) is 3. The van der Waals surface area contributed by atoms with Gasteiger partial charge in [-0.25, -0.2) is 9.59 Å². The summed E-state index contributed by atoms with van der Waals surface area (Å²) in [5.41, 5.74) is 0.546. The molecule has 0 unspecified atom stereocenters. The highest BCUT2D eigenvalue weighted by Gasteiger charge is 2.16. The number of carboxylic acids is 1. The summed E-state index contributed by atoms with van der Waals surface area (Å²) < 4.78 is 4.65. The lowest BCUT2D eigenvalue weighted by atomic mass is 10.2. The first-order valence-corrected chi connectivity index (χ1v) is 6.63. The highest BCUT2D eigenvalue weighted by Crippen LogP contribution is 2.10. The predicted octanol–water partition coefficient (Wildman–Crippen LogP) is 3.48. The molecule has 1 aromatic rings. The van der Waals surface area contributed by atoms with Gasteiger partial charge in [0.05, 0.1) is 6.61 Å². The van der Waals surface area contributed by atoms with Crippen molar-refractivity contribution in [3.8, 4) is 0 Å². The molecule has 21 heavy (non-hydrogen) atoms. The molecule has 0 fully saturated rings. The first-order valence-electron chi connectivity index (χ1n) is 6.25. The molecule has 1 aromatic carbocycles. The van der Waals surface area contributed by atoms with E-state index in [1.807, 2.05) is 18.2 Å². The quantitative estimate of drug-likeness (QED) is 0.287. The van der Waals surface area contributed by atoms with Gasteiger partial charge in [0.15, 0.2) is 0 Å². The second kappa shape index (κ2) is 8.76. The largest absolute Gasteiger partial charge is 0.477 e. The highest BCUT2D eigenvalue weighted by molar-refractivity contribution is 6.30. The minimum atomic E-state index is -1.32. The van der Waals surface area contributed by atoms with Crippen molar-refractivity contribution in [2.75, 3.05) is 6.61 Å². The van der Waals surface area contributed by atoms with E-state index in [0.717, 1.165) is 5.56 Å². The van der Waals surface area contributed by atoms with Crippen LogP contribution in [0.2, 0.25) is 5.02 Å². The van der Waals surface area contributed by atoms with Gasteiger partial charge in [0.25, 0.3) is 0 Å². The van der Waals surface area contributed by atoms with Crippen molar-refractivity contribution < 1.29 is 19.4 Å². The number of hydrogen-bond donors (Lipinski definition) is 1. The summed E-state index contributed by atoms with van der Waals surface area (Å²) in [6.45, 7) is 1.74. The van der Waals surface area contributed by atoms with Gasteiger partial charge in [-0.2, -0.15) is 0 Å². The number of carbonyl (C=O) groups excluding carboxylic acids is 1. The molecule has 1 rings (SSSR count). The number of ether oxygens (including phenoxy) is 1. The normalized spacial score (nSPS) is 12.0. The van der Waals surface area contributed by atoms with Crippen molar-refractivity contribution in [3.05, 3.63) is 64.7 Å². The molecule has 0 aliphatic heterocycles. The third-order valence-electron chi connectivity index (χ3n) is 2.37. The third-order valence-corrected chi connectivity index (χ3v) is 2.62. The molecule has 0 spiro atoms. The maximum Gasteiger partial charge on any atom is 0.345 e. The molecule has 110 valence electrons. The van der Waals surface area contributed by atoms with Gasteiger partial charge in [0.1, 0.15) is 5.57 Å². The zero-order chi connectivity index (χ0) is 15.7. The van der Waals surface area contributed by atoms with Crippen LogP contribution in [0.5, 0.6) is 0 Å². The Morgan fingerprint density at radius 2 is 1.86 bits per heavy atom. The Hall–Kier alpha value is -2.33. The molecule has 0 heterocycles. The second-order valence-electron chi connectivity index (χ2n) is 3.90. The summed E-state index contributed by atoms with van der Waals surface area (Å²) in [5, 5.41) is 9.56. The van der Waals surface area contributed by atoms with Crippen LogP contribution < -0.4 is 0 Å². The molecule has 0 amide bonds. The number of carbonyl (C=O) groups is 2. The van der Waals surface area contributed by atoms with E-state index >= 15 is 0 Å².